The number of nitrogens with one attached hydrogen (secondary N) is 2. The van der Waals surface area contributed by atoms with Crippen LogP contribution in [-0.4, -0.2) is 24.4 Å². The Morgan fingerprint density at radius 1 is 1.39 bits per heavy atom. The molecule has 1 aromatic carbocycles. The number of ether oxygens (including phenoxy) is 1. The van der Waals surface area contributed by atoms with Gasteiger partial charge in [0.1, 0.15) is 0 Å². The maximum atomic E-state index is 6.06. The van der Waals surface area contributed by atoms with Gasteiger partial charge in [0.15, 0.2) is 5.11 Å². The van der Waals surface area contributed by atoms with E-state index in [2.05, 4.69) is 10.6 Å². The van der Waals surface area contributed by atoms with Crippen LogP contribution >= 0.6 is 23.8 Å². The van der Waals surface area contributed by atoms with E-state index in [1.54, 1.807) is 0 Å². The summed E-state index contributed by atoms with van der Waals surface area (Å²) in [5, 5.41) is 7.71. The van der Waals surface area contributed by atoms with Crippen LogP contribution < -0.4 is 10.6 Å². The van der Waals surface area contributed by atoms with Gasteiger partial charge in [0, 0.05) is 24.7 Å². The molecule has 1 aromatic rings. The van der Waals surface area contributed by atoms with Gasteiger partial charge in [-0.25, -0.2) is 0 Å². The highest BCUT2D eigenvalue weighted by Crippen LogP contribution is 2.14. The zero-order valence-electron chi connectivity index (χ0n) is 10.1. The predicted octanol–water partition coefficient (Wildman–Crippen LogP) is 2.48. The van der Waals surface area contributed by atoms with Crippen molar-refractivity contribution in [2.45, 2.75) is 25.5 Å². The lowest BCUT2D eigenvalue weighted by molar-refractivity contribution is 0.114. The lowest BCUT2D eigenvalue weighted by Crippen LogP contribution is -2.39. The summed E-state index contributed by atoms with van der Waals surface area (Å²) >= 11 is 11.3. The van der Waals surface area contributed by atoms with Crippen LogP contribution in [0.1, 0.15) is 18.4 Å². The molecule has 0 bridgehead atoms. The molecular formula is C13H17ClN2OS. The number of hydrogen-bond acceptors (Lipinski definition) is 2. The van der Waals surface area contributed by atoms with Crippen LogP contribution in [0.2, 0.25) is 5.02 Å². The average molecular weight is 285 g/mol. The Morgan fingerprint density at radius 2 is 2.22 bits per heavy atom. The van der Waals surface area contributed by atoms with Crippen LogP contribution in [-0.2, 0) is 11.3 Å². The average Bonchev–Trinajstić information content (AvgIpc) is 2.88. The lowest BCUT2D eigenvalue weighted by Gasteiger charge is -2.14. The van der Waals surface area contributed by atoms with E-state index in [4.69, 9.17) is 28.6 Å². The van der Waals surface area contributed by atoms with Crippen molar-refractivity contribution in [1.29, 1.82) is 0 Å². The summed E-state index contributed by atoms with van der Waals surface area (Å²) < 4.78 is 5.51. The number of halogens is 1. The van der Waals surface area contributed by atoms with Crippen LogP contribution in [0.4, 0.5) is 0 Å². The fourth-order valence-electron chi connectivity index (χ4n) is 1.89. The standard InChI is InChI=1S/C13H17ClN2OS/c14-12-6-2-1-4-10(12)8-15-13(18)16-9-11-5-3-7-17-11/h1-2,4,6,11H,3,5,7-9H2,(H2,15,16,18)/t11-/m0/s1. The van der Waals surface area contributed by atoms with E-state index in [1.807, 2.05) is 24.3 Å². The molecule has 0 aromatic heterocycles. The molecule has 0 saturated carbocycles. The number of hydrogen-bond donors (Lipinski definition) is 2. The van der Waals surface area contributed by atoms with Gasteiger partial charge in [-0.2, -0.15) is 0 Å². The summed E-state index contributed by atoms with van der Waals surface area (Å²) in [4.78, 5) is 0. The first-order chi connectivity index (χ1) is 8.75. The van der Waals surface area contributed by atoms with Crippen molar-refractivity contribution in [3.05, 3.63) is 34.9 Å². The van der Waals surface area contributed by atoms with Crippen molar-refractivity contribution < 1.29 is 4.74 Å². The summed E-state index contributed by atoms with van der Waals surface area (Å²) in [5.74, 6) is 0. The molecule has 1 aliphatic heterocycles. The molecule has 2 N–H and O–H groups in total. The molecule has 0 spiro atoms. The van der Waals surface area contributed by atoms with Crippen molar-refractivity contribution in [2.24, 2.45) is 0 Å². The number of benzene rings is 1. The van der Waals surface area contributed by atoms with Crippen LogP contribution in [0.15, 0.2) is 24.3 Å². The molecule has 1 fully saturated rings. The Bertz CT molecular complexity index is 408. The zero-order valence-corrected chi connectivity index (χ0v) is 11.7. The summed E-state index contributed by atoms with van der Waals surface area (Å²) in [5.41, 5.74) is 1.04. The van der Waals surface area contributed by atoms with Crippen molar-refractivity contribution in [3.63, 3.8) is 0 Å². The highest BCUT2D eigenvalue weighted by atomic mass is 35.5. The van der Waals surface area contributed by atoms with Crippen LogP contribution in [0, 0.1) is 0 Å². The minimum absolute atomic E-state index is 0.296. The van der Waals surface area contributed by atoms with Crippen LogP contribution in [0.25, 0.3) is 0 Å². The summed E-state index contributed by atoms with van der Waals surface area (Å²) in [6.07, 6.45) is 2.55. The van der Waals surface area contributed by atoms with E-state index >= 15 is 0 Å². The van der Waals surface area contributed by atoms with Gasteiger partial charge in [0.05, 0.1) is 6.10 Å². The SMILES string of the molecule is S=C(NCc1ccccc1Cl)NC[C@@H]1CCCO1. The Balaban J connectivity index is 1.69. The maximum Gasteiger partial charge on any atom is 0.166 e. The monoisotopic (exact) mass is 284 g/mol. The third-order valence-corrected chi connectivity index (χ3v) is 3.57. The Labute approximate surface area is 118 Å². The highest BCUT2D eigenvalue weighted by Gasteiger charge is 2.15. The first-order valence-corrected chi connectivity index (χ1v) is 6.91. The summed E-state index contributed by atoms with van der Waals surface area (Å²) in [7, 11) is 0. The second kappa shape index (κ2) is 6.92. The molecule has 0 amide bonds. The van der Waals surface area contributed by atoms with Crippen LogP contribution in [0.5, 0.6) is 0 Å². The Morgan fingerprint density at radius 3 is 2.94 bits per heavy atom. The molecular weight excluding hydrogens is 268 g/mol. The molecule has 1 atom stereocenters. The zero-order chi connectivity index (χ0) is 12.8. The van der Waals surface area contributed by atoms with Gasteiger partial charge in [-0.3, -0.25) is 0 Å². The van der Waals surface area contributed by atoms with Gasteiger partial charge in [0.2, 0.25) is 0 Å². The maximum absolute atomic E-state index is 6.06. The Hall–Kier alpha value is -0.840. The van der Waals surface area contributed by atoms with Crippen molar-refractivity contribution in [1.82, 2.24) is 10.6 Å². The quantitative estimate of drug-likeness (QED) is 0.833. The molecule has 2 rings (SSSR count). The molecule has 18 heavy (non-hydrogen) atoms. The minimum Gasteiger partial charge on any atom is -0.376 e. The third kappa shape index (κ3) is 4.12. The van der Waals surface area contributed by atoms with Crippen molar-refractivity contribution >= 4 is 28.9 Å². The molecule has 0 radical (unpaired) electrons. The fourth-order valence-corrected chi connectivity index (χ4v) is 2.25. The van der Waals surface area contributed by atoms with Gasteiger partial charge in [-0.15, -0.1) is 0 Å². The molecule has 1 aliphatic rings. The summed E-state index contributed by atoms with van der Waals surface area (Å²) in [6.45, 7) is 2.28. The van der Waals surface area contributed by atoms with E-state index in [0.717, 1.165) is 36.6 Å². The molecule has 0 unspecified atom stereocenters. The molecule has 98 valence electrons. The smallest absolute Gasteiger partial charge is 0.166 e. The first kappa shape index (κ1) is 13.6. The van der Waals surface area contributed by atoms with E-state index < -0.39 is 0 Å². The fraction of sp³-hybridized carbons (Fsp3) is 0.462. The normalized spacial score (nSPS) is 18.6. The topological polar surface area (TPSA) is 33.3 Å². The lowest BCUT2D eigenvalue weighted by atomic mass is 10.2. The van der Waals surface area contributed by atoms with Gasteiger partial charge < -0.3 is 15.4 Å². The molecule has 5 heteroatoms. The van der Waals surface area contributed by atoms with Gasteiger partial charge in [-0.1, -0.05) is 29.8 Å². The number of thiocarbonyl (C=S) groups is 1. The van der Waals surface area contributed by atoms with Crippen LogP contribution in [0.3, 0.4) is 0 Å². The second-order valence-electron chi connectivity index (χ2n) is 4.29. The van der Waals surface area contributed by atoms with E-state index in [1.165, 1.54) is 0 Å². The highest BCUT2D eigenvalue weighted by molar-refractivity contribution is 7.80. The van der Waals surface area contributed by atoms with Crippen molar-refractivity contribution in [3.8, 4) is 0 Å². The van der Waals surface area contributed by atoms with Gasteiger partial charge in [0.25, 0.3) is 0 Å². The third-order valence-electron chi connectivity index (χ3n) is 2.91. The Kier molecular flexibility index (Phi) is 5.23. The van der Waals surface area contributed by atoms with E-state index in [9.17, 15) is 0 Å². The molecule has 3 nitrogen and oxygen atoms in total. The van der Waals surface area contributed by atoms with Gasteiger partial charge >= 0.3 is 0 Å². The van der Waals surface area contributed by atoms with E-state index in [-0.39, 0.29) is 0 Å². The number of rotatable bonds is 4. The molecule has 0 aliphatic carbocycles. The van der Waals surface area contributed by atoms with E-state index in [0.29, 0.717) is 17.8 Å². The van der Waals surface area contributed by atoms with Gasteiger partial charge in [-0.05, 0) is 36.7 Å². The summed E-state index contributed by atoms with van der Waals surface area (Å²) in [6, 6.07) is 7.74. The molecule has 1 saturated heterocycles. The predicted molar refractivity (Wildman–Crippen MR) is 77.9 cm³/mol. The van der Waals surface area contributed by atoms with Crippen molar-refractivity contribution in [2.75, 3.05) is 13.2 Å². The second-order valence-corrected chi connectivity index (χ2v) is 5.11. The first-order valence-electron chi connectivity index (χ1n) is 6.12. The minimum atomic E-state index is 0.296. The molecule has 1 heterocycles. The largest absolute Gasteiger partial charge is 0.376 e.